The predicted molar refractivity (Wildman–Crippen MR) is 175 cm³/mol. The molecule has 0 bridgehead atoms. The molecule has 9 heteroatoms. The number of rotatable bonds is 7. The number of carbonyl (C=O) groups excluding carboxylic acids is 2. The Morgan fingerprint density at radius 1 is 0.955 bits per heavy atom. The van der Waals surface area contributed by atoms with Crippen LogP contribution < -0.4 is 21.1 Å². The minimum absolute atomic E-state index is 0.00282. The predicted octanol–water partition coefficient (Wildman–Crippen LogP) is 6.98. The molecular weight excluding hydrogens is 556 g/mol. The van der Waals surface area contributed by atoms with Crippen molar-refractivity contribution in [2.75, 3.05) is 6.54 Å². The maximum Gasteiger partial charge on any atom is 0.408 e. The van der Waals surface area contributed by atoms with Gasteiger partial charge in [-0.05, 0) is 108 Å². The van der Waals surface area contributed by atoms with Gasteiger partial charge in [0.15, 0.2) is 0 Å². The van der Waals surface area contributed by atoms with Gasteiger partial charge in [-0.1, -0.05) is 39.0 Å². The second kappa shape index (κ2) is 14.8. The Morgan fingerprint density at radius 3 is 2.30 bits per heavy atom. The Hall–Kier alpha value is -3.75. The summed E-state index contributed by atoms with van der Waals surface area (Å²) in [4.78, 5) is 28.9. The number of carbonyl (C=O) groups is 2. The molecule has 1 aliphatic carbocycles. The maximum absolute atomic E-state index is 12.2. The van der Waals surface area contributed by atoms with E-state index in [4.69, 9.17) is 19.9 Å². The first-order chi connectivity index (χ1) is 20.7. The maximum atomic E-state index is 12.2. The molecule has 44 heavy (non-hydrogen) atoms. The second-order valence-corrected chi connectivity index (χ2v) is 13.3. The molecular formula is C35H52N4O5. The van der Waals surface area contributed by atoms with Gasteiger partial charge < -0.3 is 30.6 Å². The minimum Gasteiger partial charge on any atom is -0.490 e. The summed E-state index contributed by atoms with van der Waals surface area (Å²) in [5.74, 6) is 1.47. The van der Waals surface area contributed by atoms with Crippen LogP contribution in [0.3, 0.4) is 0 Å². The molecule has 0 saturated carbocycles. The van der Waals surface area contributed by atoms with Crippen LogP contribution in [0.5, 0.6) is 5.75 Å². The number of benzene rings is 2. The molecule has 4 N–H and O–H groups in total. The number of nitrogens with one attached hydrogen (secondary N) is 2. The zero-order valence-electron chi connectivity index (χ0n) is 28.0. The molecule has 2 aromatic carbocycles. The average Bonchev–Trinajstić information content (AvgIpc) is 3.34. The molecule has 3 atom stereocenters. The van der Waals surface area contributed by atoms with Crippen LogP contribution >= 0.6 is 0 Å². The van der Waals surface area contributed by atoms with Gasteiger partial charge in [0.1, 0.15) is 28.9 Å². The number of hydrogen-bond donors (Lipinski definition) is 3. The van der Waals surface area contributed by atoms with Crippen LogP contribution in [0.15, 0.2) is 41.4 Å². The van der Waals surface area contributed by atoms with Gasteiger partial charge in [0.05, 0.1) is 12.6 Å². The van der Waals surface area contributed by atoms with E-state index in [1.165, 1.54) is 5.56 Å². The lowest BCUT2D eigenvalue weighted by molar-refractivity contribution is 0.0486. The van der Waals surface area contributed by atoms with Gasteiger partial charge in [-0.3, -0.25) is 4.99 Å². The summed E-state index contributed by atoms with van der Waals surface area (Å²) >= 11 is 0. The third-order valence-electron chi connectivity index (χ3n) is 7.34. The highest BCUT2D eigenvalue weighted by Gasteiger charge is 2.28. The number of nitrogens with two attached hydrogens (primary N) is 1. The van der Waals surface area contributed by atoms with Crippen molar-refractivity contribution < 1.29 is 23.8 Å². The van der Waals surface area contributed by atoms with Crippen molar-refractivity contribution in [1.82, 2.24) is 10.6 Å². The van der Waals surface area contributed by atoms with Crippen molar-refractivity contribution in [3.05, 3.63) is 64.2 Å². The molecule has 1 aliphatic heterocycles. The molecule has 9 nitrogen and oxygen atoms in total. The first-order valence-corrected chi connectivity index (χ1v) is 15.8. The van der Waals surface area contributed by atoms with E-state index in [-0.39, 0.29) is 18.1 Å². The Bertz CT molecular complexity index is 1330. The number of nitrogens with zero attached hydrogens (tertiary/aromatic N) is 1. The molecule has 0 saturated heterocycles. The van der Waals surface area contributed by atoms with Crippen LogP contribution in [0, 0.1) is 5.92 Å². The molecule has 0 fully saturated rings. The molecule has 1 heterocycles. The van der Waals surface area contributed by atoms with Crippen molar-refractivity contribution in [3.8, 4) is 5.75 Å². The fraction of sp³-hybridized carbons (Fsp3) is 0.571. The highest BCUT2D eigenvalue weighted by atomic mass is 16.6. The Morgan fingerprint density at radius 2 is 1.61 bits per heavy atom. The van der Waals surface area contributed by atoms with Gasteiger partial charge in [-0.25, -0.2) is 9.59 Å². The monoisotopic (exact) mass is 608 g/mol. The van der Waals surface area contributed by atoms with E-state index < -0.39 is 23.4 Å². The third-order valence-corrected chi connectivity index (χ3v) is 7.34. The summed E-state index contributed by atoms with van der Waals surface area (Å²) in [6.07, 6.45) is 2.65. The molecule has 242 valence electrons. The zero-order valence-corrected chi connectivity index (χ0v) is 28.0. The molecule has 0 radical (unpaired) electrons. The summed E-state index contributed by atoms with van der Waals surface area (Å²) in [7, 11) is 0. The number of aliphatic imine (C=N–C) groups is 1. The van der Waals surface area contributed by atoms with Gasteiger partial charge >= 0.3 is 12.2 Å². The fourth-order valence-corrected chi connectivity index (χ4v) is 5.30. The Kier molecular flexibility index (Phi) is 11.7. The average molecular weight is 609 g/mol. The van der Waals surface area contributed by atoms with Crippen LogP contribution in [0.2, 0.25) is 0 Å². The molecule has 4 rings (SSSR count). The van der Waals surface area contributed by atoms with Crippen molar-refractivity contribution in [2.24, 2.45) is 16.6 Å². The summed E-state index contributed by atoms with van der Waals surface area (Å²) in [5, 5.41) is 5.84. The third kappa shape index (κ3) is 10.2. The minimum atomic E-state index is -0.526. The number of hydrogen-bond acceptors (Lipinski definition) is 6. The first kappa shape index (κ1) is 34.7. The summed E-state index contributed by atoms with van der Waals surface area (Å²) in [5.41, 5.74) is 10.8. The van der Waals surface area contributed by atoms with E-state index in [9.17, 15) is 9.59 Å². The van der Waals surface area contributed by atoms with Crippen LogP contribution in [-0.4, -0.2) is 41.9 Å². The van der Waals surface area contributed by atoms with Gasteiger partial charge in [0.25, 0.3) is 0 Å². The Labute approximate surface area is 263 Å². The molecule has 0 spiro atoms. The highest BCUT2D eigenvalue weighted by Crippen LogP contribution is 2.33. The molecule has 3 unspecified atom stereocenters. The van der Waals surface area contributed by atoms with E-state index in [1.807, 2.05) is 73.6 Å². The summed E-state index contributed by atoms with van der Waals surface area (Å²) in [6, 6.07) is 12.2. The molecule has 2 aromatic rings. The number of amides is 2. The second-order valence-electron chi connectivity index (χ2n) is 13.3. The lowest BCUT2D eigenvalue weighted by Crippen LogP contribution is -2.40. The summed E-state index contributed by atoms with van der Waals surface area (Å²) in [6.45, 7) is 18.1. The highest BCUT2D eigenvalue weighted by molar-refractivity contribution is 5.97. The van der Waals surface area contributed by atoms with Crippen LogP contribution in [0.4, 0.5) is 9.59 Å². The number of ether oxygens (including phenoxy) is 3. The number of fused-ring (bicyclic) bond motifs is 2. The number of amidine groups is 1. The van der Waals surface area contributed by atoms with E-state index in [2.05, 4.69) is 40.7 Å². The quantitative estimate of drug-likeness (QED) is 0.230. The number of aryl methyl sites for hydroxylation is 2. The van der Waals surface area contributed by atoms with Crippen LogP contribution in [0.1, 0.15) is 109 Å². The number of alkyl carbamates (subject to hydrolysis) is 2. The van der Waals surface area contributed by atoms with E-state index in [0.717, 1.165) is 53.7 Å². The van der Waals surface area contributed by atoms with Gasteiger partial charge in [-0.15, -0.1) is 0 Å². The van der Waals surface area contributed by atoms with Crippen molar-refractivity contribution in [1.29, 1.82) is 0 Å². The van der Waals surface area contributed by atoms with E-state index in [1.54, 1.807) is 0 Å². The van der Waals surface area contributed by atoms with E-state index in [0.29, 0.717) is 18.9 Å². The van der Waals surface area contributed by atoms with Crippen molar-refractivity contribution in [3.63, 3.8) is 0 Å². The van der Waals surface area contributed by atoms with Crippen molar-refractivity contribution >= 4 is 18.0 Å². The van der Waals surface area contributed by atoms with Crippen molar-refractivity contribution in [2.45, 2.75) is 118 Å². The van der Waals surface area contributed by atoms with E-state index >= 15 is 0 Å². The van der Waals surface area contributed by atoms with Gasteiger partial charge in [0, 0.05) is 18.0 Å². The topological polar surface area (TPSA) is 124 Å². The lowest BCUT2D eigenvalue weighted by Gasteiger charge is -2.31. The van der Waals surface area contributed by atoms with Gasteiger partial charge in [-0.2, -0.15) is 0 Å². The first-order valence-electron chi connectivity index (χ1n) is 15.8. The smallest absolute Gasteiger partial charge is 0.408 e. The zero-order chi connectivity index (χ0) is 32.7. The van der Waals surface area contributed by atoms with Crippen LogP contribution in [0.25, 0.3) is 0 Å². The SMILES string of the molecule is CC.CC(CNC(=O)OC(C)(C)C)C1CCc2cc(C(N)=NCc3ccc4c(c3)CCC4NC(=O)OC(C)(C)C)ccc2O1. The summed E-state index contributed by atoms with van der Waals surface area (Å²) < 4.78 is 17.0. The molecule has 2 amide bonds. The molecule has 0 aromatic heterocycles. The standard InChI is InChI=1S/C33H46N4O5.C2H6/c1-20(18-36-30(38)41-32(2,3)4)27-14-10-23-17-24(11-15-28(23)40-27)29(34)35-19-21-8-12-25-22(16-21)9-13-26(25)37-31(39)42-33(5,6)7;1-2/h8,11-12,15-17,20,26-27H,9-10,13-14,18-19H2,1-7H3,(H2,34,35)(H,36,38)(H,37,39);1-2H3. The fourth-order valence-electron chi connectivity index (χ4n) is 5.30. The Balaban J connectivity index is 0.00000259. The van der Waals surface area contributed by atoms with Crippen LogP contribution in [-0.2, 0) is 28.9 Å². The lowest BCUT2D eigenvalue weighted by atomic mass is 9.93. The normalized spacial score (nSPS) is 18.4. The largest absolute Gasteiger partial charge is 0.490 e. The van der Waals surface area contributed by atoms with Gasteiger partial charge in [0.2, 0.25) is 0 Å². The molecule has 2 aliphatic rings.